The molecule has 1 aromatic rings. The molecule has 0 aromatic heterocycles. The summed E-state index contributed by atoms with van der Waals surface area (Å²) in [7, 11) is 0. The van der Waals surface area contributed by atoms with Crippen molar-refractivity contribution in [2.24, 2.45) is 0 Å². The molecule has 0 saturated carbocycles. The maximum atomic E-state index is 5.75. The third kappa shape index (κ3) is 1.57. The van der Waals surface area contributed by atoms with Gasteiger partial charge in [-0.3, -0.25) is 0 Å². The molecule has 0 aliphatic carbocycles. The van der Waals surface area contributed by atoms with E-state index < -0.39 is 0 Å². The second-order valence-electron chi connectivity index (χ2n) is 1.75. The van der Waals surface area contributed by atoms with Gasteiger partial charge in [-0.05, 0) is 11.6 Å². The van der Waals surface area contributed by atoms with Crippen LogP contribution < -0.4 is 0 Å². The maximum Gasteiger partial charge on any atom is 0.0805 e. The lowest BCUT2D eigenvalue weighted by molar-refractivity contribution is 1.59. The summed E-state index contributed by atoms with van der Waals surface area (Å²) in [6.07, 6.45) is 0. The van der Waals surface area contributed by atoms with Crippen molar-refractivity contribution < 1.29 is 0 Å². The monoisotopic (exact) mass is 193 g/mol. The highest BCUT2D eigenvalue weighted by atomic mass is 35.5. The number of hydrogen-bond donors (Lipinski definition) is 0. The molecule has 0 unspecified atom stereocenters. The fourth-order valence-corrected chi connectivity index (χ4v) is 1.20. The maximum absolute atomic E-state index is 5.75. The average Bonchev–Trinajstić information content (AvgIpc) is 1.95. The molecule has 10 heavy (non-hydrogen) atoms. The largest absolute Gasteiger partial charge is 0.116 e. The van der Waals surface area contributed by atoms with Crippen LogP contribution in [0.5, 0.6) is 0 Å². The topological polar surface area (TPSA) is 0 Å². The minimum atomic E-state index is 0.499. The summed E-state index contributed by atoms with van der Waals surface area (Å²) in [4.78, 5) is 0. The smallest absolute Gasteiger partial charge is 0.0805 e. The molecule has 0 atom stereocenters. The molecule has 1 radical (unpaired) electrons. The zero-order valence-electron chi connectivity index (χ0n) is 4.94. The Balaban J connectivity index is 3.14. The van der Waals surface area contributed by atoms with E-state index >= 15 is 0 Å². The molecule has 0 amide bonds. The molecule has 0 aliphatic rings. The highest BCUT2D eigenvalue weighted by Crippen LogP contribution is 2.26. The van der Waals surface area contributed by atoms with E-state index in [1.807, 2.05) is 0 Å². The summed E-state index contributed by atoms with van der Waals surface area (Å²) in [6, 6.07) is 5.30. The van der Waals surface area contributed by atoms with Crippen LogP contribution in [0.2, 0.25) is 10.0 Å². The van der Waals surface area contributed by atoms with E-state index in [9.17, 15) is 0 Å². The van der Waals surface area contributed by atoms with Gasteiger partial charge in [0, 0.05) is 0 Å². The molecule has 0 spiro atoms. The molecular formula is C7H4Cl3. The van der Waals surface area contributed by atoms with Crippen LogP contribution in [0.3, 0.4) is 0 Å². The van der Waals surface area contributed by atoms with Gasteiger partial charge >= 0.3 is 0 Å². The van der Waals surface area contributed by atoms with Crippen molar-refractivity contribution in [1.29, 1.82) is 0 Å². The predicted octanol–water partition coefficient (Wildman–Crippen LogP) is 3.74. The standard InChI is InChI=1S/C7H4Cl3/c8-4-5-2-1-3-6(9)7(5)10/h1-4H. The summed E-state index contributed by atoms with van der Waals surface area (Å²) in [5.74, 6) is 1.40. The molecule has 1 rings (SSSR count). The highest BCUT2D eigenvalue weighted by molar-refractivity contribution is 6.43. The predicted molar refractivity (Wildman–Crippen MR) is 45.7 cm³/mol. The molecule has 0 aliphatic heterocycles. The minimum Gasteiger partial charge on any atom is -0.116 e. The van der Waals surface area contributed by atoms with Crippen molar-refractivity contribution in [3.8, 4) is 0 Å². The summed E-state index contributed by atoms with van der Waals surface area (Å²) in [5.41, 5.74) is 0.746. The molecule has 0 N–H and O–H groups in total. The van der Waals surface area contributed by atoms with Crippen molar-refractivity contribution >= 4 is 34.8 Å². The lowest BCUT2D eigenvalue weighted by Crippen LogP contribution is -1.77. The molecule has 0 saturated heterocycles. The Hall–Kier alpha value is 0.0900. The first-order valence-electron chi connectivity index (χ1n) is 2.63. The van der Waals surface area contributed by atoms with Crippen LogP contribution in [0, 0.1) is 5.88 Å². The number of rotatable bonds is 1. The van der Waals surface area contributed by atoms with Crippen LogP contribution in [-0.2, 0) is 0 Å². The quantitative estimate of drug-likeness (QED) is 0.639. The third-order valence-electron chi connectivity index (χ3n) is 1.10. The fraction of sp³-hybridized carbons (Fsp3) is 0. The van der Waals surface area contributed by atoms with E-state index in [1.54, 1.807) is 18.2 Å². The Morgan fingerprint density at radius 3 is 2.40 bits per heavy atom. The Morgan fingerprint density at radius 1 is 1.20 bits per heavy atom. The summed E-state index contributed by atoms with van der Waals surface area (Å²) >= 11 is 16.9. The van der Waals surface area contributed by atoms with Crippen LogP contribution in [0.4, 0.5) is 0 Å². The van der Waals surface area contributed by atoms with Gasteiger partial charge in [0.15, 0.2) is 0 Å². The summed E-state index contributed by atoms with van der Waals surface area (Å²) in [5, 5.41) is 1.02. The van der Waals surface area contributed by atoms with E-state index in [0.29, 0.717) is 10.0 Å². The number of benzene rings is 1. The lowest BCUT2D eigenvalue weighted by Gasteiger charge is -1.98. The molecule has 0 fully saturated rings. The molecule has 0 nitrogen and oxygen atoms in total. The van der Waals surface area contributed by atoms with Crippen molar-refractivity contribution in [2.45, 2.75) is 0 Å². The van der Waals surface area contributed by atoms with Crippen molar-refractivity contribution in [3.63, 3.8) is 0 Å². The van der Waals surface area contributed by atoms with Crippen LogP contribution in [-0.4, -0.2) is 0 Å². The van der Waals surface area contributed by atoms with Gasteiger partial charge in [0.2, 0.25) is 0 Å². The molecular weight excluding hydrogens is 190 g/mol. The molecule has 0 bridgehead atoms. The van der Waals surface area contributed by atoms with Crippen LogP contribution in [0.15, 0.2) is 18.2 Å². The van der Waals surface area contributed by atoms with Gasteiger partial charge in [-0.25, -0.2) is 0 Å². The van der Waals surface area contributed by atoms with Crippen molar-refractivity contribution in [3.05, 3.63) is 39.7 Å². The lowest BCUT2D eigenvalue weighted by atomic mass is 10.2. The SMILES string of the molecule is Cl[CH]c1cccc(Cl)c1Cl. The van der Waals surface area contributed by atoms with Gasteiger partial charge in [0.1, 0.15) is 0 Å². The van der Waals surface area contributed by atoms with Gasteiger partial charge in [-0.1, -0.05) is 35.3 Å². The van der Waals surface area contributed by atoms with Gasteiger partial charge in [-0.2, -0.15) is 0 Å². The third-order valence-corrected chi connectivity index (χ3v) is 2.17. The first-order valence-corrected chi connectivity index (χ1v) is 3.82. The van der Waals surface area contributed by atoms with Crippen LogP contribution in [0.1, 0.15) is 5.56 Å². The summed E-state index contributed by atoms with van der Waals surface area (Å²) < 4.78 is 0. The molecule has 1 aromatic carbocycles. The normalized spacial score (nSPS) is 9.90. The zero-order chi connectivity index (χ0) is 7.56. The fourth-order valence-electron chi connectivity index (χ4n) is 0.605. The molecule has 3 heteroatoms. The van der Waals surface area contributed by atoms with E-state index in [4.69, 9.17) is 34.8 Å². The van der Waals surface area contributed by atoms with Crippen molar-refractivity contribution in [1.82, 2.24) is 0 Å². The second-order valence-corrected chi connectivity index (χ2v) is 2.76. The first-order chi connectivity index (χ1) is 4.75. The first kappa shape index (κ1) is 8.19. The zero-order valence-corrected chi connectivity index (χ0v) is 7.21. The van der Waals surface area contributed by atoms with Crippen LogP contribution in [0.25, 0.3) is 0 Å². The Morgan fingerprint density at radius 2 is 1.90 bits per heavy atom. The van der Waals surface area contributed by atoms with Gasteiger partial charge in [0.05, 0.1) is 15.9 Å². The van der Waals surface area contributed by atoms with E-state index in [-0.39, 0.29) is 0 Å². The van der Waals surface area contributed by atoms with E-state index in [1.165, 1.54) is 5.88 Å². The number of halogens is 3. The highest BCUT2D eigenvalue weighted by Gasteiger charge is 2.01. The minimum absolute atomic E-state index is 0.499. The number of hydrogen-bond acceptors (Lipinski definition) is 0. The average molecular weight is 194 g/mol. The summed E-state index contributed by atoms with van der Waals surface area (Å²) in [6.45, 7) is 0. The van der Waals surface area contributed by atoms with Crippen LogP contribution >= 0.6 is 34.8 Å². The molecule has 0 heterocycles. The Labute approximate surface area is 74.7 Å². The van der Waals surface area contributed by atoms with E-state index in [2.05, 4.69) is 0 Å². The van der Waals surface area contributed by atoms with Gasteiger partial charge < -0.3 is 0 Å². The Kier molecular flexibility index (Phi) is 2.84. The molecule has 53 valence electrons. The Bertz CT molecular complexity index is 232. The van der Waals surface area contributed by atoms with Gasteiger partial charge in [0.25, 0.3) is 0 Å². The van der Waals surface area contributed by atoms with Crippen molar-refractivity contribution in [2.75, 3.05) is 0 Å². The van der Waals surface area contributed by atoms with Gasteiger partial charge in [-0.15, -0.1) is 11.6 Å². The second kappa shape index (κ2) is 3.47. The van der Waals surface area contributed by atoms with E-state index in [0.717, 1.165) is 5.56 Å².